The Bertz CT molecular complexity index is 60.9. The van der Waals surface area contributed by atoms with Gasteiger partial charge >= 0.3 is 0 Å². The van der Waals surface area contributed by atoms with Gasteiger partial charge in [0, 0.05) is 12.4 Å². The highest BCUT2D eigenvalue weighted by atomic mass is 14.6. The Hall–Kier alpha value is -0.720. The Morgan fingerprint density at radius 3 is 1.50 bits per heavy atom. The van der Waals surface area contributed by atoms with Crippen LogP contribution in [0.3, 0.4) is 0 Å². The number of hydrogen-bond donors (Lipinski definition) is 1. The van der Waals surface area contributed by atoms with Crippen molar-refractivity contribution in [1.82, 2.24) is 4.98 Å². The summed E-state index contributed by atoms with van der Waals surface area (Å²) < 4.78 is 0. The molecule has 0 fully saturated rings. The predicted octanol–water partition coefficient (Wildman–Crippen LogP) is 2.68. The van der Waals surface area contributed by atoms with Crippen LogP contribution in [0, 0.1) is 0 Å². The summed E-state index contributed by atoms with van der Waals surface area (Å²) in [5, 5.41) is 0. The zero-order valence-corrected chi connectivity index (χ0v) is 4.81. The maximum Gasteiger partial charge on any atom is 0.000496 e. The fraction of sp³-hybridized carbons (Fsp3) is 0.429. The van der Waals surface area contributed by atoms with Crippen LogP contribution in [0.5, 0.6) is 0 Å². The van der Waals surface area contributed by atoms with Crippen LogP contribution in [0.25, 0.3) is 0 Å². The van der Waals surface area contributed by atoms with Crippen molar-refractivity contribution in [2.24, 2.45) is 0 Å². The molecule has 0 bridgehead atoms. The SMILES string of the molecule is C.CC.c1cc[nH]c1. The maximum atomic E-state index is 2.86. The van der Waals surface area contributed by atoms with Gasteiger partial charge in [-0.05, 0) is 12.1 Å². The van der Waals surface area contributed by atoms with Gasteiger partial charge in [-0.15, -0.1) is 0 Å². The Kier molecular flexibility index (Phi) is 12.3. The molecule has 1 aromatic heterocycles. The van der Waals surface area contributed by atoms with Crippen molar-refractivity contribution in [2.45, 2.75) is 21.3 Å². The molecule has 1 heterocycles. The minimum Gasteiger partial charge on any atom is -0.368 e. The van der Waals surface area contributed by atoms with Gasteiger partial charge in [0.05, 0.1) is 0 Å². The molecule has 0 saturated heterocycles. The molecule has 48 valence electrons. The second-order valence-electron chi connectivity index (χ2n) is 0.885. The first-order valence-electron chi connectivity index (χ1n) is 2.58. The van der Waals surface area contributed by atoms with Crippen LogP contribution in [-0.4, -0.2) is 4.98 Å². The molecule has 0 radical (unpaired) electrons. The molecule has 8 heavy (non-hydrogen) atoms. The Labute approximate surface area is 51.7 Å². The maximum absolute atomic E-state index is 2.86. The lowest BCUT2D eigenvalue weighted by atomic mass is 10.7. The summed E-state index contributed by atoms with van der Waals surface area (Å²) in [5.74, 6) is 0. The minimum absolute atomic E-state index is 0. The fourth-order valence-electron chi connectivity index (χ4n) is 0.278. The van der Waals surface area contributed by atoms with E-state index in [2.05, 4.69) is 4.98 Å². The fourth-order valence-corrected chi connectivity index (χ4v) is 0.278. The van der Waals surface area contributed by atoms with Crippen LogP contribution < -0.4 is 0 Å². The Balaban J connectivity index is 0. The number of rotatable bonds is 0. The molecular formula is C7H15N. The lowest BCUT2D eigenvalue weighted by Gasteiger charge is -1.49. The van der Waals surface area contributed by atoms with E-state index in [-0.39, 0.29) is 7.43 Å². The van der Waals surface area contributed by atoms with Crippen LogP contribution in [0.1, 0.15) is 21.3 Å². The smallest absolute Gasteiger partial charge is 0.000496 e. The molecule has 0 atom stereocenters. The largest absolute Gasteiger partial charge is 0.368 e. The molecule has 0 saturated carbocycles. The van der Waals surface area contributed by atoms with Crippen molar-refractivity contribution in [3.05, 3.63) is 24.5 Å². The first-order valence-corrected chi connectivity index (χ1v) is 2.58. The summed E-state index contributed by atoms with van der Waals surface area (Å²) in [6.45, 7) is 4.00. The molecule has 0 amide bonds. The Morgan fingerprint density at radius 1 is 1.00 bits per heavy atom. The standard InChI is InChI=1S/C4H5N.C2H6.CH4/c1-2-4-5-3-1;1-2;/h1-5H;1-2H3;1H4. The van der Waals surface area contributed by atoms with Crippen molar-refractivity contribution in [3.63, 3.8) is 0 Å². The normalized spacial score (nSPS) is 5.75. The van der Waals surface area contributed by atoms with Crippen LogP contribution in [-0.2, 0) is 0 Å². The van der Waals surface area contributed by atoms with Crippen LogP contribution in [0.15, 0.2) is 24.5 Å². The highest BCUT2D eigenvalue weighted by Gasteiger charge is 1.55. The number of hydrogen-bond acceptors (Lipinski definition) is 0. The quantitative estimate of drug-likeness (QED) is 0.532. The van der Waals surface area contributed by atoms with Gasteiger partial charge in [-0.2, -0.15) is 0 Å². The summed E-state index contributed by atoms with van der Waals surface area (Å²) in [6, 6.07) is 3.89. The van der Waals surface area contributed by atoms with Crippen molar-refractivity contribution in [1.29, 1.82) is 0 Å². The van der Waals surface area contributed by atoms with E-state index in [4.69, 9.17) is 0 Å². The molecule has 0 aliphatic carbocycles. The molecular weight excluding hydrogens is 98.1 g/mol. The molecule has 1 aromatic rings. The zero-order valence-electron chi connectivity index (χ0n) is 4.81. The van der Waals surface area contributed by atoms with E-state index in [1.54, 1.807) is 0 Å². The molecule has 1 heteroatoms. The van der Waals surface area contributed by atoms with E-state index in [9.17, 15) is 0 Å². The average Bonchev–Trinajstić information content (AvgIpc) is 2.23. The molecule has 0 unspecified atom stereocenters. The summed E-state index contributed by atoms with van der Waals surface area (Å²) in [5.41, 5.74) is 0. The summed E-state index contributed by atoms with van der Waals surface area (Å²) in [4.78, 5) is 2.86. The Morgan fingerprint density at radius 2 is 1.38 bits per heavy atom. The lowest BCUT2D eigenvalue weighted by Crippen LogP contribution is -1.38. The molecule has 1 rings (SSSR count). The van der Waals surface area contributed by atoms with E-state index >= 15 is 0 Å². The first kappa shape index (κ1) is 10.3. The summed E-state index contributed by atoms with van der Waals surface area (Å²) in [7, 11) is 0. The van der Waals surface area contributed by atoms with E-state index in [1.165, 1.54) is 0 Å². The van der Waals surface area contributed by atoms with Gasteiger partial charge in [0.2, 0.25) is 0 Å². The topological polar surface area (TPSA) is 15.8 Å². The third kappa shape index (κ3) is 5.28. The van der Waals surface area contributed by atoms with E-state index in [0.717, 1.165) is 0 Å². The molecule has 0 aromatic carbocycles. The van der Waals surface area contributed by atoms with Crippen molar-refractivity contribution < 1.29 is 0 Å². The van der Waals surface area contributed by atoms with Gasteiger partial charge in [0.15, 0.2) is 0 Å². The minimum atomic E-state index is 0. The zero-order chi connectivity index (χ0) is 5.54. The van der Waals surface area contributed by atoms with Crippen molar-refractivity contribution in [2.75, 3.05) is 0 Å². The highest BCUT2D eigenvalue weighted by Crippen LogP contribution is 1.72. The van der Waals surface area contributed by atoms with E-state index < -0.39 is 0 Å². The number of aromatic amines is 1. The van der Waals surface area contributed by atoms with Crippen molar-refractivity contribution >= 4 is 0 Å². The van der Waals surface area contributed by atoms with Crippen LogP contribution in [0.2, 0.25) is 0 Å². The molecule has 1 nitrogen and oxygen atoms in total. The second kappa shape index (κ2) is 9.56. The molecule has 0 aliphatic heterocycles. The number of nitrogens with one attached hydrogen (secondary N) is 1. The monoisotopic (exact) mass is 113 g/mol. The molecule has 0 aliphatic rings. The van der Waals surface area contributed by atoms with Crippen LogP contribution >= 0.6 is 0 Å². The molecule has 0 spiro atoms. The van der Waals surface area contributed by atoms with Crippen molar-refractivity contribution in [3.8, 4) is 0 Å². The van der Waals surface area contributed by atoms with Crippen LogP contribution in [0.4, 0.5) is 0 Å². The van der Waals surface area contributed by atoms with Gasteiger partial charge in [0.1, 0.15) is 0 Å². The highest BCUT2D eigenvalue weighted by molar-refractivity contribution is 4.84. The van der Waals surface area contributed by atoms with E-state index in [0.29, 0.717) is 0 Å². The van der Waals surface area contributed by atoms with Gasteiger partial charge in [-0.25, -0.2) is 0 Å². The number of H-pyrrole nitrogens is 1. The summed E-state index contributed by atoms with van der Waals surface area (Å²) >= 11 is 0. The van der Waals surface area contributed by atoms with E-state index in [1.807, 2.05) is 38.4 Å². The first-order chi connectivity index (χ1) is 3.50. The van der Waals surface area contributed by atoms with Gasteiger partial charge < -0.3 is 4.98 Å². The average molecular weight is 113 g/mol. The lowest BCUT2D eigenvalue weighted by molar-refractivity contribution is 1.42. The van der Waals surface area contributed by atoms with Gasteiger partial charge in [-0.1, -0.05) is 21.3 Å². The predicted molar refractivity (Wildman–Crippen MR) is 38.9 cm³/mol. The van der Waals surface area contributed by atoms with Gasteiger partial charge in [-0.3, -0.25) is 0 Å². The third-order valence-electron chi connectivity index (χ3n) is 0.496. The number of aromatic nitrogens is 1. The molecule has 1 N–H and O–H groups in total. The van der Waals surface area contributed by atoms with Gasteiger partial charge in [0.25, 0.3) is 0 Å². The summed E-state index contributed by atoms with van der Waals surface area (Å²) in [6.07, 6.45) is 3.75. The second-order valence-corrected chi connectivity index (χ2v) is 0.885. The third-order valence-corrected chi connectivity index (χ3v) is 0.496.